The van der Waals surface area contributed by atoms with Gasteiger partial charge in [-0.25, -0.2) is 17.7 Å². The van der Waals surface area contributed by atoms with Crippen LogP contribution in [0.1, 0.15) is 12.1 Å². The minimum Gasteiger partial charge on any atom is -0.354 e. The van der Waals surface area contributed by atoms with Crippen LogP contribution < -0.4 is 5.32 Å². The molecule has 3 heterocycles. The summed E-state index contributed by atoms with van der Waals surface area (Å²) in [5.41, 5.74) is 0.888. The molecule has 9 heteroatoms. The first-order valence-corrected chi connectivity index (χ1v) is 9.19. The molecular weight excluding hydrogens is 312 g/mol. The molecule has 0 unspecified atom stereocenters. The Balaban J connectivity index is 1.50. The average molecular weight is 328 g/mol. The van der Waals surface area contributed by atoms with E-state index >= 15 is 0 Å². The maximum atomic E-state index is 11.9. The van der Waals surface area contributed by atoms with Gasteiger partial charge < -0.3 is 5.32 Å². The fourth-order valence-electron chi connectivity index (χ4n) is 2.39. The molecule has 0 aliphatic carbocycles. The third kappa shape index (κ3) is 3.09. The van der Waals surface area contributed by atoms with Crippen molar-refractivity contribution < 1.29 is 13.2 Å². The number of hydrogen-bond acceptors (Lipinski definition) is 5. The van der Waals surface area contributed by atoms with Crippen LogP contribution in [0.5, 0.6) is 0 Å². The summed E-state index contributed by atoms with van der Waals surface area (Å²) in [5, 5.41) is 4.68. The fourth-order valence-corrected chi connectivity index (χ4v) is 4.77. The molecule has 2 aromatic heterocycles. The molecule has 0 aromatic carbocycles. The molecule has 1 aliphatic rings. The molecule has 1 saturated heterocycles. The van der Waals surface area contributed by atoms with E-state index in [4.69, 9.17) is 0 Å². The summed E-state index contributed by atoms with van der Waals surface area (Å²) in [6.07, 6.45) is 4.46. The van der Waals surface area contributed by atoms with Gasteiger partial charge in [-0.1, -0.05) is 0 Å². The van der Waals surface area contributed by atoms with Crippen LogP contribution in [-0.4, -0.2) is 53.4 Å². The van der Waals surface area contributed by atoms with Gasteiger partial charge >= 0.3 is 0 Å². The van der Waals surface area contributed by atoms with Crippen LogP contribution in [0, 0.1) is 0 Å². The van der Waals surface area contributed by atoms with Crippen molar-refractivity contribution in [1.29, 1.82) is 0 Å². The maximum absolute atomic E-state index is 11.9. The molecule has 1 fully saturated rings. The van der Waals surface area contributed by atoms with E-state index in [-0.39, 0.29) is 18.1 Å². The number of nitrogens with one attached hydrogen (secondary N) is 1. The first-order valence-electron chi connectivity index (χ1n) is 6.70. The quantitative estimate of drug-likeness (QED) is 0.843. The lowest BCUT2D eigenvalue weighted by Crippen LogP contribution is -2.36. The van der Waals surface area contributed by atoms with Gasteiger partial charge in [0, 0.05) is 43.1 Å². The van der Waals surface area contributed by atoms with E-state index in [1.807, 2.05) is 16.0 Å². The SMILES string of the molecule is O=C(Cc1csc2nccn12)NCCN1CCCS1(=O)=O. The lowest BCUT2D eigenvalue weighted by atomic mass is 10.3. The molecule has 1 aliphatic heterocycles. The van der Waals surface area contributed by atoms with Gasteiger partial charge in [0.15, 0.2) is 4.96 Å². The normalized spacial score (nSPS) is 18.3. The summed E-state index contributed by atoms with van der Waals surface area (Å²) >= 11 is 1.49. The van der Waals surface area contributed by atoms with E-state index in [1.54, 1.807) is 6.20 Å². The highest BCUT2D eigenvalue weighted by Gasteiger charge is 2.27. The van der Waals surface area contributed by atoms with Crippen molar-refractivity contribution in [2.24, 2.45) is 0 Å². The van der Waals surface area contributed by atoms with E-state index < -0.39 is 10.0 Å². The summed E-state index contributed by atoms with van der Waals surface area (Å²) < 4.78 is 26.6. The number of hydrogen-bond donors (Lipinski definition) is 1. The number of nitrogens with zero attached hydrogens (tertiary/aromatic N) is 3. The molecule has 3 rings (SSSR count). The van der Waals surface area contributed by atoms with Crippen LogP contribution in [-0.2, 0) is 21.2 Å². The largest absolute Gasteiger partial charge is 0.354 e. The predicted octanol–water partition coefficient (Wildman–Crippen LogP) is 0.0900. The van der Waals surface area contributed by atoms with Crippen LogP contribution in [0.4, 0.5) is 0 Å². The van der Waals surface area contributed by atoms with Crippen molar-refractivity contribution in [3.05, 3.63) is 23.5 Å². The zero-order chi connectivity index (χ0) is 14.9. The number of aromatic nitrogens is 2. The van der Waals surface area contributed by atoms with E-state index in [0.29, 0.717) is 26.1 Å². The van der Waals surface area contributed by atoms with Crippen LogP contribution in [0.2, 0.25) is 0 Å². The monoisotopic (exact) mass is 328 g/mol. The van der Waals surface area contributed by atoms with Crippen molar-refractivity contribution in [2.75, 3.05) is 25.4 Å². The zero-order valence-corrected chi connectivity index (χ0v) is 13.0. The van der Waals surface area contributed by atoms with Gasteiger partial charge in [0.05, 0.1) is 12.2 Å². The molecule has 21 heavy (non-hydrogen) atoms. The first-order chi connectivity index (χ1) is 10.1. The van der Waals surface area contributed by atoms with Crippen molar-refractivity contribution in [2.45, 2.75) is 12.8 Å². The Morgan fingerprint density at radius 3 is 3.10 bits per heavy atom. The Hall–Kier alpha value is -1.45. The van der Waals surface area contributed by atoms with Gasteiger partial charge in [0.2, 0.25) is 15.9 Å². The Morgan fingerprint density at radius 1 is 1.48 bits per heavy atom. The van der Waals surface area contributed by atoms with Crippen LogP contribution in [0.25, 0.3) is 4.96 Å². The van der Waals surface area contributed by atoms with Crippen LogP contribution in [0.15, 0.2) is 17.8 Å². The summed E-state index contributed by atoms with van der Waals surface area (Å²) in [4.78, 5) is 16.9. The smallest absolute Gasteiger partial charge is 0.226 e. The molecule has 0 atom stereocenters. The van der Waals surface area contributed by atoms with Crippen molar-refractivity contribution in [1.82, 2.24) is 19.0 Å². The standard InChI is InChI=1S/C12H16N4O3S2/c17-11(8-10-9-20-12-14-3-6-16(10)12)13-2-5-15-4-1-7-21(15,18)19/h3,6,9H,1-2,4-5,7-8H2,(H,13,17). The van der Waals surface area contributed by atoms with E-state index in [9.17, 15) is 13.2 Å². The van der Waals surface area contributed by atoms with Crippen molar-refractivity contribution >= 4 is 32.2 Å². The van der Waals surface area contributed by atoms with Crippen LogP contribution in [0.3, 0.4) is 0 Å². The minimum atomic E-state index is -3.08. The molecular formula is C12H16N4O3S2. The molecule has 0 saturated carbocycles. The van der Waals surface area contributed by atoms with Gasteiger partial charge in [-0.2, -0.15) is 0 Å². The molecule has 0 radical (unpaired) electrons. The second-order valence-corrected chi connectivity index (χ2v) is 7.83. The first kappa shape index (κ1) is 14.5. The molecule has 1 amide bonds. The summed E-state index contributed by atoms with van der Waals surface area (Å²) in [6.45, 7) is 1.24. The predicted molar refractivity (Wildman–Crippen MR) is 79.8 cm³/mol. The van der Waals surface area contributed by atoms with Gasteiger partial charge in [0.25, 0.3) is 0 Å². The highest BCUT2D eigenvalue weighted by molar-refractivity contribution is 7.89. The number of amides is 1. The van der Waals surface area contributed by atoms with Gasteiger partial charge in [-0.15, -0.1) is 11.3 Å². The van der Waals surface area contributed by atoms with Crippen molar-refractivity contribution in [3.63, 3.8) is 0 Å². The Bertz CT molecular complexity index is 749. The lowest BCUT2D eigenvalue weighted by Gasteiger charge is -2.14. The highest BCUT2D eigenvalue weighted by Crippen LogP contribution is 2.15. The zero-order valence-electron chi connectivity index (χ0n) is 11.4. The number of imidazole rings is 1. The maximum Gasteiger partial charge on any atom is 0.226 e. The molecule has 0 bridgehead atoms. The Morgan fingerprint density at radius 2 is 2.33 bits per heavy atom. The van der Waals surface area contributed by atoms with Gasteiger partial charge in [-0.3, -0.25) is 9.20 Å². The number of sulfonamides is 1. The average Bonchev–Trinajstić information content (AvgIpc) is 3.08. The lowest BCUT2D eigenvalue weighted by molar-refractivity contribution is -0.120. The molecule has 0 spiro atoms. The summed E-state index contributed by atoms with van der Waals surface area (Å²) in [6, 6.07) is 0. The fraction of sp³-hybridized carbons (Fsp3) is 0.500. The molecule has 1 N–H and O–H groups in total. The van der Waals surface area contributed by atoms with Gasteiger partial charge in [-0.05, 0) is 6.42 Å². The Labute approximate surface area is 126 Å². The molecule has 2 aromatic rings. The summed E-state index contributed by atoms with van der Waals surface area (Å²) in [5.74, 6) is 0.106. The number of fused-ring (bicyclic) bond motifs is 1. The number of carbonyl (C=O) groups excluding carboxylic acids is 1. The van der Waals surface area contributed by atoms with E-state index in [1.165, 1.54) is 15.6 Å². The second-order valence-electron chi connectivity index (χ2n) is 4.90. The number of thiazole rings is 1. The number of rotatable bonds is 5. The van der Waals surface area contributed by atoms with E-state index in [0.717, 1.165) is 10.7 Å². The number of carbonyl (C=O) groups is 1. The minimum absolute atomic E-state index is 0.111. The topological polar surface area (TPSA) is 83.8 Å². The third-order valence-electron chi connectivity index (χ3n) is 3.44. The van der Waals surface area contributed by atoms with Crippen LogP contribution >= 0.6 is 11.3 Å². The molecule has 114 valence electrons. The van der Waals surface area contributed by atoms with E-state index in [2.05, 4.69) is 10.3 Å². The van der Waals surface area contributed by atoms with Crippen molar-refractivity contribution in [3.8, 4) is 0 Å². The molecule has 7 nitrogen and oxygen atoms in total. The van der Waals surface area contributed by atoms with Gasteiger partial charge in [0.1, 0.15) is 0 Å². The second kappa shape index (κ2) is 5.74. The third-order valence-corrected chi connectivity index (χ3v) is 6.30. The Kier molecular flexibility index (Phi) is 3.96. The summed E-state index contributed by atoms with van der Waals surface area (Å²) in [7, 11) is -3.08. The highest BCUT2D eigenvalue weighted by atomic mass is 32.2.